The summed E-state index contributed by atoms with van der Waals surface area (Å²) >= 11 is 1.79. The molecule has 0 atom stereocenters. The summed E-state index contributed by atoms with van der Waals surface area (Å²) < 4.78 is 0. The van der Waals surface area contributed by atoms with Crippen LogP contribution in [0.4, 0.5) is 0 Å². The summed E-state index contributed by atoms with van der Waals surface area (Å²) in [7, 11) is 0. The number of thioether (sulfide) groups is 1. The molecule has 0 aromatic heterocycles. The maximum absolute atomic E-state index is 10.2. The van der Waals surface area contributed by atoms with Crippen LogP contribution in [0.3, 0.4) is 0 Å². The van der Waals surface area contributed by atoms with Crippen molar-refractivity contribution >= 4 is 24.1 Å². The van der Waals surface area contributed by atoms with Gasteiger partial charge in [-0.2, -0.15) is 0 Å². The summed E-state index contributed by atoms with van der Waals surface area (Å²) in [6, 6.07) is 6.29. The van der Waals surface area contributed by atoms with Crippen molar-refractivity contribution in [1.82, 2.24) is 0 Å². The highest BCUT2D eigenvalue weighted by Crippen LogP contribution is 2.24. The van der Waals surface area contributed by atoms with E-state index >= 15 is 0 Å². The van der Waals surface area contributed by atoms with Gasteiger partial charge in [0.2, 0.25) is 0 Å². The molecule has 2 heteroatoms. The van der Waals surface area contributed by atoms with Gasteiger partial charge in [0.25, 0.3) is 0 Å². The Balaban J connectivity index is 3.02. The zero-order chi connectivity index (χ0) is 10.4. The van der Waals surface area contributed by atoms with E-state index in [0.717, 1.165) is 17.6 Å². The summed E-state index contributed by atoms with van der Waals surface area (Å²) in [5.74, 6) is 1.05. The fourth-order valence-electron chi connectivity index (χ4n) is 1.23. The lowest BCUT2D eigenvalue weighted by molar-refractivity contribution is -0.104. The van der Waals surface area contributed by atoms with Gasteiger partial charge >= 0.3 is 0 Å². The van der Waals surface area contributed by atoms with E-state index in [9.17, 15) is 4.79 Å². The molecule has 0 aliphatic rings. The summed E-state index contributed by atoms with van der Waals surface area (Å²) in [4.78, 5) is 11.5. The van der Waals surface area contributed by atoms with E-state index in [4.69, 9.17) is 0 Å². The summed E-state index contributed by atoms with van der Waals surface area (Å²) in [5, 5.41) is 0. The second-order valence-corrected chi connectivity index (χ2v) is 4.28. The van der Waals surface area contributed by atoms with Crippen LogP contribution >= 0.6 is 11.8 Å². The van der Waals surface area contributed by atoms with Gasteiger partial charge in [0.05, 0.1) is 0 Å². The molecule has 0 aliphatic carbocycles. The third kappa shape index (κ3) is 3.04. The lowest BCUT2D eigenvalue weighted by atomic mass is 10.1. The molecule has 0 N–H and O–H groups in total. The minimum Gasteiger partial charge on any atom is -0.299 e. The highest BCUT2D eigenvalue weighted by atomic mass is 32.2. The molecule has 0 spiro atoms. The molecule has 1 aromatic carbocycles. The first kappa shape index (κ1) is 11.1. The standard InChI is InChI=1S/C12H14OS/c1-3-14-12-7-6-10(2)9-11(12)5-4-8-13/h4-9H,3H2,1-2H3/b5-4+. The van der Waals surface area contributed by atoms with Gasteiger partial charge in [0.1, 0.15) is 6.29 Å². The van der Waals surface area contributed by atoms with Crippen molar-refractivity contribution in [2.24, 2.45) is 0 Å². The van der Waals surface area contributed by atoms with E-state index in [2.05, 4.69) is 32.0 Å². The highest BCUT2D eigenvalue weighted by molar-refractivity contribution is 7.99. The Bertz CT molecular complexity index is 342. The first-order valence-corrected chi connectivity index (χ1v) is 5.61. The molecule has 1 nitrogen and oxygen atoms in total. The molecule has 0 bridgehead atoms. The van der Waals surface area contributed by atoms with Gasteiger partial charge in [-0.3, -0.25) is 4.79 Å². The summed E-state index contributed by atoms with van der Waals surface area (Å²) in [5.41, 5.74) is 2.35. The van der Waals surface area contributed by atoms with E-state index < -0.39 is 0 Å². The number of allylic oxidation sites excluding steroid dienone is 1. The predicted molar refractivity (Wildman–Crippen MR) is 62.7 cm³/mol. The van der Waals surface area contributed by atoms with Crippen LogP contribution in [0.5, 0.6) is 0 Å². The van der Waals surface area contributed by atoms with Gasteiger partial charge in [0, 0.05) is 4.90 Å². The van der Waals surface area contributed by atoms with Crippen LogP contribution in [0.15, 0.2) is 29.2 Å². The Morgan fingerprint density at radius 3 is 2.86 bits per heavy atom. The second kappa shape index (κ2) is 5.66. The average molecular weight is 206 g/mol. The largest absolute Gasteiger partial charge is 0.299 e. The minimum absolute atomic E-state index is 0.808. The van der Waals surface area contributed by atoms with Crippen LogP contribution in [0.25, 0.3) is 6.08 Å². The van der Waals surface area contributed by atoms with Gasteiger partial charge < -0.3 is 0 Å². The number of carbonyl (C=O) groups excluding carboxylic acids is 1. The topological polar surface area (TPSA) is 17.1 Å². The van der Waals surface area contributed by atoms with Crippen molar-refractivity contribution in [3.63, 3.8) is 0 Å². The van der Waals surface area contributed by atoms with E-state index in [1.165, 1.54) is 16.5 Å². The normalized spacial score (nSPS) is 10.7. The Hall–Kier alpha value is -1.02. The SMILES string of the molecule is CCSc1ccc(C)cc1/C=C/C=O. The van der Waals surface area contributed by atoms with E-state index in [1.807, 2.05) is 6.08 Å². The van der Waals surface area contributed by atoms with Crippen molar-refractivity contribution < 1.29 is 4.79 Å². The van der Waals surface area contributed by atoms with Gasteiger partial charge in [-0.15, -0.1) is 11.8 Å². The number of carbonyl (C=O) groups is 1. The molecule has 0 amide bonds. The molecule has 0 aliphatic heterocycles. The lowest BCUT2D eigenvalue weighted by Gasteiger charge is -2.04. The molecule has 0 radical (unpaired) electrons. The molecule has 1 aromatic rings. The maximum Gasteiger partial charge on any atom is 0.142 e. The van der Waals surface area contributed by atoms with Crippen LogP contribution < -0.4 is 0 Å². The third-order valence-electron chi connectivity index (χ3n) is 1.82. The van der Waals surface area contributed by atoms with E-state index in [0.29, 0.717) is 0 Å². The molecule has 0 unspecified atom stereocenters. The number of aldehydes is 1. The monoisotopic (exact) mass is 206 g/mol. The van der Waals surface area contributed by atoms with Crippen molar-refractivity contribution in [2.75, 3.05) is 5.75 Å². The Morgan fingerprint density at radius 2 is 2.21 bits per heavy atom. The van der Waals surface area contributed by atoms with Crippen LogP contribution in [0.2, 0.25) is 0 Å². The van der Waals surface area contributed by atoms with Crippen LogP contribution in [-0.4, -0.2) is 12.0 Å². The summed E-state index contributed by atoms with van der Waals surface area (Å²) in [6.45, 7) is 4.18. The first-order valence-electron chi connectivity index (χ1n) is 4.63. The van der Waals surface area contributed by atoms with Gasteiger partial charge in [-0.1, -0.05) is 30.7 Å². The van der Waals surface area contributed by atoms with Crippen molar-refractivity contribution in [3.05, 3.63) is 35.4 Å². The quantitative estimate of drug-likeness (QED) is 0.427. The van der Waals surface area contributed by atoms with Crippen molar-refractivity contribution in [3.8, 4) is 0 Å². The van der Waals surface area contributed by atoms with E-state index in [-0.39, 0.29) is 0 Å². The van der Waals surface area contributed by atoms with Crippen LogP contribution in [0, 0.1) is 6.92 Å². The van der Waals surface area contributed by atoms with Gasteiger partial charge in [-0.25, -0.2) is 0 Å². The molecule has 0 heterocycles. The fraction of sp³-hybridized carbons (Fsp3) is 0.250. The molecular formula is C12H14OS. The van der Waals surface area contributed by atoms with Crippen molar-refractivity contribution in [2.45, 2.75) is 18.7 Å². The minimum atomic E-state index is 0.808. The molecule has 0 saturated heterocycles. The smallest absolute Gasteiger partial charge is 0.142 e. The molecular weight excluding hydrogens is 192 g/mol. The molecule has 0 saturated carbocycles. The zero-order valence-corrected chi connectivity index (χ0v) is 9.30. The molecule has 0 fully saturated rings. The lowest BCUT2D eigenvalue weighted by Crippen LogP contribution is -1.82. The van der Waals surface area contributed by atoms with Gasteiger partial charge in [0.15, 0.2) is 0 Å². The number of hydrogen-bond donors (Lipinski definition) is 0. The van der Waals surface area contributed by atoms with E-state index in [1.54, 1.807) is 11.8 Å². The van der Waals surface area contributed by atoms with Crippen LogP contribution in [0.1, 0.15) is 18.1 Å². The van der Waals surface area contributed by atoms with Crippen molar-refractivity contribution in [1.29, 1.82) is 0 Å². The highest BCUT2D eigenvalue weighted by Gasteiger charge is 1.98. The fourth-order valence-corrected chi connectivity index (χ4v) is 2.00. The number of aryl methyl sites for hydroxylation is 1. The molecule has 14 heavy (non-hydrogen) atoms. The summed E-state index contributed by atoms with van der Waals surface area (Å²) in [6.07, 6.45) is 4.20. The third-order valence-corrected chi connectivity index (χ3v) is 2.79. The predicted octanol–water partition coefficient (Wildman–Crippen LogP) is 3.32. The zero-order valence-electron chi connectivity index (χ0n) is 8.49. The average Bonchev–Trinajstić information content (AvgIpc) is 2.18. The van der Waals surface area contributed by atoms with Gasteiger partial charge in [-0.05, 0) is 30.4 Å². The Morgan fingerprint density at radius 1 is 1.43 bits per heavy atom. The first-order chi connectivity index (χ1) is 6.77. The Kier molecular flexibility index (Phi) is 4.47. The van der Waals surface area contributed by atoms with Crippen LogP contribution in [-0.2, 0) is 4.79 Å². The number of hydrogen-bond acceptors (Lipinski definition) is 2. The number of rotatable bonds is 4. The number of benzene rings is 1. The maximum atomic E-state index is 10.2. The second-order valence-electron chi connectivity index (χ2n) is 2.97. The molecule has 1 rings (SSSR count). The Labute approximate surface area is 89.2 Å². The molecule has 74 valence electrons.